The number of nitriles is 1. The first-order valence-electron chi connectivity index (χ1n) is 17.7. The number of piperidine rings is 1. The van der Waals surface area contributed by atoms with Crippen molar-refractivity contribution in [1.29, 1.82) is 5.26 Å². The number of anilines is 3. The topological polar surface area (TPSA) is 164 Å². The van der Waals surface area contributed by atoms with Crippen LogP contribution in [0.4, 0.5) is 26.8 Å². The van der Waals surface area contributed by atoms with E-state index >= 15 is 0 Å². The second-order valence-corrected chi connectivity index (χ2v) is 14.7. The molecule has 0 saturated carbocycles. The number of ether oxygens (including phenoxy) is 1. The van der Waals surface area contributed by atoms with Crippen LogP contribution in [0.1, 0.15) is 58.6 Å². The lowest BCUT2D eigenvalue weighted by Crippen LogP contribution is -2.52. The highest BCUT2D eigenvalue weighted by atomic mass is 16.7. The molecule has 2 aromatic heterocycles. The molecule has 14 nitrogen and oxygen atoms in total. The van der Waals surface area contributed by atoms with Crippen molar-refractivity contribution in [2.24, 2.45) is 5.92 Å². The summed E-state index contributed by atoms with van der Waals surface area (Å²) < 4.78 is 19.2. The smallest absolute Gasteiger partial charge is 0.444 e. The summed E-state index contributed by atoms with van der Waals surface area (Å²) in [7, 11) is 1.43. The molecule has 0 unspecified atom stereocenters. The van der Waals surface area contributed by atoms with Gasteiger partial charge in [-0.15, -0.1) is 0 Å². The summed E-state index contributed by atoms with van der Waals surface area (Å²) in [6.45, 7) is 13.1. The van der Waals surface area contributed by atoms with Crippen molar-refractivity contribution < 1.29 is 28.4 Å². The van der Waals surface area contributed by atoms with E-state index in [0.29, 0.717) is 41.3 Å². The SMILES string of the molecule is Cc1ccc(NC(=O)OCc2ccc(B3OC(C)(C)C(C)(C)O3)cc2)c(NC(=O)n2ccc3c(N(C)[C@H]4CN(C(=O)CC#N)CC[C@H]4C)ncnc32)c1. The van der Waals surface area contributed by atoms with Crippen molar-refractivity contribution in [3.05, 3.63) is 72.2 Å². The summed E-state index contributed by atoms with van der Waals surface area (Å²) in [5.41, 5.74) is 2.77. The van der Waals surface area contributed by atoms with Crippen LogP contribution in [0.15, 0.2) is 61.1 Å². The average molecular weight is 721 g/mol. The normalized spacial score (nSPS) is 19.1. The van der Waals surface area contributed by atoms with E-state index in [9.17, 15) is 14.4 Å². The number of aryl methyl sites for hydroxylation is 1. The van der Waals surface area contributed by atoms with Crippen molar-refractivity contribution in [3.8, 4) is 6.07 Å². The first-order chi connectivity index (χ1) is 25.2. The fourth-order valence-electron chi connectivity index (χ4n) is 6.59. The van der Waals surface area contributed by atoms with Crippen LogP contribution in [-0.2, 0) is 25.4 Å². The molecule has 15 heteroatoms. The van der Waals surface area contributed by atoms with Gasteiger partial charge in [0.25, 0.3) is 0 Å². The van der Waals surface area contributed by atoms with Gasteiger partial charge in [-0.2, -0.15) is 5.26 Å². The number of hydrogen-bond acceptors (Lipinski definition) is 10. The van der Waals surface area contributed by atoms with Gasteiger partial charge in [0.1, 0.15) is 25.2 Å². The molecule has 2 aliphatic heterocycles. The van der Waals surface area contributed by atoms with Crippen LogP contribution >= 0.6 is 0 Å². The maximum Gasteiger partial charge on any atom is 0.494 e. The molecule has 2 aromatic carbocycles. The Morgan fingerprint density at radius 3 is 2.45 bits per heavy atom. The first kappa shape index (κ1) is 37.3. The molecule has 2 saturated heterocycles. The second kappa shape index (κ2) is 14.9. The van der Waals surface area contributed by atoms with E-state index in [1.165, 1.54) is 10.9 Å². The number of carbonyl (C=O) groups excluding carboxylic acids is 3. The molecule has 2 aliphatic rings. The minimum absolute atomic E-state index is 0.0305. The monoisotopic (exact) mass is 720 g/mol. The van der Waals surface area contributed by atoms with Crippen LogP contribution < -0.4 is 21.0 Å². The van der Waals surface area contributed by atoms with Gasteiger partial charge in [0.2, 0.25) is 5.91 Å². The van der Waals surface area contributed by atoms with Gasteiger partial charge in [-0.05, 0) is 81.7 Å². The minimum Gasteiger partial charge on any atom is -0.444 e. The number of likely N-dealkylation sites (tertiary alicyclic amines) is 1. The number of benzene rings is 2. The maximum atomic E-state index is 13.7. The molecule has 4 heterocycles. The van der Waals surface area contributed by atoms with Gasteiger partial charge in [0.15, 0.2) is 5.65 Å². The highest BCUT2D eigenvalue weighted by Crippen LogP contribution is 2.36. The molecule has 0 bridgehead atoms. The van der Waals surface area contributed by atoms with Crippen molar-refractivity contribution in [2.45, 2.75) is 78.2 Å². The van der Waals surface area contributed by atoms with Crippen LogP contribution in [0.5, 0.6) is 0 Å². The molecular formula is C38H45BN8O6. The lowest BCUT2D eigenvalue weighted by molar-refractivity contribution is -0.131. The number of nitrogens with one attached hydrogen (secondary N) is 2. The van der Waals surface area contributed by atoms with Crippen LogP contribution in [0.3, 0.4) is 0 Å². The number of carbonyl (C=O) groups is 3. The molecular weight excluding hydrogens is 675 g/mol. The van der Waals surface area contributed by atoms with Gasteiger partial charge in [-0.3, -0.25) is 14.7 Å². The van der Waals surface area contributed by atoms with Crippen molar-refractivity contribution in [2.75, 3.05) is 35.7 Å². The van der Waals surface area contributed by atoms with E-state index < -0.39 is 30.4 Å². The molecule has 2 N–H and O–H groups in total. The van der Waals surface area contributed by atoms with Gasteiger partial charge in [0.05, 0.1) is 40.1 Å². The number of nitrogens with zero attached hydrogens (tertiary/aromatic N) is 6. The quantitative estimate of drug-likeness (QED) is 0.224. The number of likely N-dealkylation sites (N-methyl/N-ethyl adjacent to an activating group) is 1. The Kier molecular flexibility index (Phi) is 10.5. The van der Waals surface area contributed by atoms with Gasteiger partial charge in [-0.25, -0.2) is 19.6 Å². The van der Waals surface area contributed by atoms with E-state index in [-0.39, 0.29) is 30.9 Å². The summed E-state index contributed by atoms with van der Waals surface area (Å²) in [5, 5.41) is 15.3. The van der Waals surface area contributed by atoms with E-state index in [4.69, 9.17) is 19.3 Å². The second-order valence-electron chi connectivity index (χ2n) is 14.7. The van der Waals surface area contributed by atoms with Gasteiger partial charge < -0.3 is 29.2 Å². The lowest BCUT2D eigenvalue weighted by atomic mass is 9.79. The number of rotatable bonds is 8. The van der Waals surface area contributed by atoms with Crippen LogP contribution in [-0.4, -0.2) is 82.0 Å². The summed E-state index contributed by atoms with van der Waals surface area (Å²) in [6.07, 6.45) is 2.98. The third kappa shape index (κ3) is 7.84. The number of fused-ring (bicyclic) bond motifs is 1. The van der Waals surface area contributed by atoms with E-state index in [2.05, 4.69) is 27.5 Å². The fraction of sp³-hybridized carbons (Fsp3) is 0.421. The maximum absolute atomic E-state index is 13.7. The molecule has 4 aromatic rings. The predicted molar refractivity (Wildman–Crippen MR) is 202 cm³/mol. The molecule has 0 aliphatic carbocycles. The third-order valence-electron chi connectivity index (χ3n) is 10.5. The van der Waals surface area contributed by atoms with E-state index in [1.54, 1.807) is 29.3 Å². The minimum atomic E-state index is -0.684. The Bertz CT molecular complexity index is 2040. The van der Waals surface area contributed by atoms with E-state index in [0.717, 1.165) is 23.0 Å². The van der Waals surface area contributed by atoms with E-state index in [1.807, 2.05) is 83.0 Å². The molecule has 0 spiro atoms. The van der Waals surface area contributed by atoms with Crippen LogP contribution in [0.2, 0.25) is 0 Å². The molecule has 3 amide bonds. The van der Waals surface area contributed by atoms with Gasteiger partial charge in [0, 0.05) is 26.3 Å². The van der Waals surface area contributed by atoms with Crippen LogP contribution in [0, 0.1) is 24.2 Å². The summed E-state index contributed by atoms with van der Waals surface area (Å²) in [6, 6.07) is 16.0. The Morgan fingerprint density at radius 2 is 1.75 bits per heavy atom. The first-order valence-corrected chi connectivity index (χ1v) is 17.7. The van der Waals surface area contributed by atoms with Crippen molar-refractivity contribution >= 4 is 58.8 Å². The fourth-order valence-corrected chi connectivity index (χ4v) is 6.59. The zero-order valence-corrected chi connectivity index (χ0v) is 31.2. The Balaban J connectivity index is 1.11. The number of amides is 3. The highest BCUT2D eigenvalue weighted by Gasteiger charge is 2.51. The number of hydrogen-bond donors (Lipinski definition) is 2. The third-order valence-corrected chi connectivity index (χ3v) is 10.5. The molecule has 2 atom stereocenters. The van der Waals surface area contributed by atoms with Gasteiger partial charge >= 0.3 is 19.2 Å². The molecule has 6 rings (SSSR count). The standard InChI is InChI=1S/C38H45BN8O6/c1-24-8-13-29(44-36(50)51-22-26-9-11-27(12-10-26)39-52-37(3,4)38(5,6)53-39)30(20-24)43-35(49)47-19-16-28-33(41-23-42-34(28)47)45(7)31-21-46(18-15-25(31)2)32(48)14-17-40/h8-13,16,19-20,23,25,31H,14-15,18,21-22H2,1-7H3,(H,43,49)(H,44,50)/t25-,31+/m1/s1. The van der Waals surface area contributed by atoms with Crippen LogP contribution in [0.25, 0.3) is 11.0 Å². The zero-order valence-electron chi connectivity index (χ0n) is 31.2. The number of aromatic nitrogens is 3. The largest absolute Gasteiger partial charge is 0.494 e. The Hall–Kier alpha value is -5.46. The predicted octanol–water partition coefficient (Wildman–Crippen LogP) is 5.45. The van der Waals surface area contributed by atoms with Crippen molar-refractivity contribution in [1.82, 2.24) is 19.4 Å². The highest BCUT2D eigenvalue weighted by molar-refractivity contribution is 6.62. The molecule has 53 heavy (non-hydrogen) atoms. The molecule has 2 fully saturated rings. The molecule has 276 valence electrons. The zero-order chi connectivity index (χ0) is 38.1. The van der Waals surface area contributed by atoms with Crippen molar-refractivity contribution in [3.63, 3.8) is 0 Å². The Labute approximate surface area is 309 Å². The lowest BCUT2D eigenvalue weighted by Gasteiger charge is -2.42. The average Bonchev–Trinajstić information content (AvgIpc) is 3.65. The molecule has 0 radical (unpaired) electrons. The summed E-state index contributed by atoms with van der Waals surface area (Å²) >= 11 is 0. The van der Waals surface area contributed by atoms with Gasteiger partial charge in [-0.1, -0.05) is 37.3 Å². The Morgan fingerprint density at radius 1 is 1.04 bits per heavy atom. The summed E-state index contributed by atoms with van der Waals surface area (Å²) in [4.78, 5) is 51.8. The summed E-state index contributed by atoms with van der Waals surface area (Å²) in [5.74, 6) is 0.695.